The smallest absolute Gasteiger partial charge is 0.347 e. The fourth-order valence-electron chi connectivity index (χ4n) is 0.801. The molecule has 0 saturated carbocycles. The minimum absolute atomic E-state index is 0.241. The molecule has 6 heteroatoms. The van der Waals surface area contributed by atoms with Crippen molar-refractivity contribution >= 4 is 28.6 Å². The molecule has 0 unspecified atom stereocenters. The Hall–Kier alpha value is -1.27. The number of carbonyl (C=O) groups is 1. The van der Waals surface area contributed by atoms with Crippen LogP contribution in [0.15, 0.2) is 17.8 Å². The maximum Gasteiger partial charge on any atom is 0.347 e. The van der Waals surface area contributed by atoms with E-state index in [0.717, 1.165) is 16.3 Å². The highest BCUT2D eigenvalue weighted by Gasteiger charge is 2.10. The van der Waals surface area contributed by atoms with Crippen molar-refractivity contribution in [3.63, 3.8) is 0 Å². The number of hydrogen-bond acceptors (Lipinski definition) is 5. The van der Waals surface area contributed by atoms with E-state index in [4.69, 9.17) is 5.11 Å². The summed E-state index contributed by atoms with van der Waals surface area (Å²) < 4.78 is 0. The van der Waals surface area contributed by atoms with E-state index in [0.29, 0.717) is 5.01 Å². The van der Waals surface area contributed by atoms with Crippen molar-refractivity contribution in [1.82, 2.24) is 9.97 Å². The van der Waals surface area contributed by atoms with E-state index in [1.165, 1.54) is 17.5 Å². The van der Waals surface area contributed by atoms with Crippen LogP contribution in [0.3, 0.4) is 0 Å². The monoisotopic (exact) mass is 212 g/mol. The van der Waals surface area contributed by atoms with Gasteiger partial charge in [0.2, 0.25) is 0 Å². The summed E-state index contributed by atoms with van der Waals surface area (Å²) in [6.07, 6.45) is 3.02. The Morgan fingerprint density at radius 3 is 2.77 bits per heavy atom. The highest BCUT2D eigenvalue weighted by atomic mass is 32.1. The molecular formula is C7H4N2O2S2. The predicted molar refractivity (Wildman–Crippen MR) is 50.2 cm³/mol. The zero-order valence-corrected chi connectivity index (χ0v) is 7.93. The molecule has 1 N–H and O–H groups in total. The minimum Gasteiger partial charge on any atom is -0.477 e. The lowest BCUT2D eigenvalue weighted by Crippen LogP contribution is -1.89. The van der Waals surface area contributed by atoms with Gasteiger partial charge in [0.1, 0.15) is 4.88 Å². The van der Waals surface area contributed by atoms with Crippen molar-refractivity contribution in [2.45, 2.75) is 0 Å². The third-order valence-corrected chi connectivity index (χ3v) is 3.23. The van der Waals surface area contributed by atoms with Crippen LogP contribution in [-0.4, -0.2) is 21.0 Å². The summed E-state index contributed by atoms with van der Waals surface area (Å²) in [5.74, 6) is -0.944. The molecule has 0 aliphatic carbocycles. The molecule has 0 atom stereocenters. The van der Waals surface area contributed by atoms with Crippen LogP contribution in [0.25, 0.3) is 10.0 Å². The molecule has 66 valence electrons. The van der Waals surface area contributed by atoms with Crippen LogP contribution in [-0.2, 0) is 0 Å². The van der Waals surface area contributed by atoms with E-state index in [9.17, 15) is 4.79 Å². The zero-order valence-electron chi connectivity index (χ0n) is 6.30. The van der Waals surface area contributed by atoms with Crippen LogP contribution in [0.1, 0.15) is 9.67 Å². The van der Waals surface area contributed by atoms with Crippen molar-refractivity contribution in [2.24, 2.45) is 0 Å². The molecule has 0 radical (unpaired) electrons. The predicted octanol–water partition coefficient (Wildman–Crippen LogP) is 1.96. The second-order valence-corrected chi connectivity index (χ2v) is 4.10. The van der Waals surface area contributed by atoms with Crippen LogP contribution in [0, 0.1) is 0 Å². The van der Waals surface area contributed by atoms with E-state index in [-0.39, 0.29) is 4.88 Å². The molecule has 0 spiro atoms. The molecule has 2 heterocycles. The van der Waals surface area contributed by atoms with E-state index in [2.05, 4.69) is 9.97 Å². The summed E-state index contributed by atoms with van der Waals surface area (Å²) in [6, 6.07) is 0. The summed E-state index contributed by atoms with van der Waals surface area (Å²) in [5.41, 5.74) is 0. The molecule has 2 aromatic heterocycles. The first-order valence-corrected chi connectivity index (χ1v) is 5.06. The zero-order chi connectivity index (χ0) is 9.26. The Labute approximate surface area is 81.5 Å². The second kappa shape index (κ2) is 3.23. The van der Waals surface area contributed by atoms with E-state index >= 15 is 0 Å². The Balaban J connectivity index is 2.39. The first kappa shape index (κ1) is 8.33. The van der Waals surface area contributed by atoms with Gasteiger partial charge in [0, 0.05) is 11.6 Å². The number of aromatic carboxylic acids is 1. The van der Waals surface area contributed by atoms with Crippen molar-refractivity contribution in [3.05, 3.63) is 22.7 Å². The van der Waals surface area contributed by atoms with E-state index < -0.39 is 5.97 Å². The molecule has 0 aliphatic heterocycles. The average Bonchev–Trinajstić information content (AvgIpc) is 2.75. The van der Waals surface area contributed by atoms with Crippen molar-refractivity contribution in [3.8, 4) is 10.0 Å². The Bertz CT molecular complexity index is 421. The molecule has 2 rings (SSSR count). The number of rotatable bonds is 2. The third kappa shape index (κ3) is 1.58. The van der Waals surface area contributed by atoms with Gasteiger partial charge in [-0.25, -0.2) is 14.8 Å². The summed E-state index contributed by atoms with van der Waals surface area (Å²) >= 11 is 2.58. The van der Waals surface area contributed by atoms with Gasteiger partial charge in [-0.05, 0) is 0 Å². The molecule has 13 heavy (non-hydrogen) atoms. The molecule has 4 nitrogen and oxygen atoms in total. The standard InChI is InChI=1S/C7H4N2O2S2/c10-7(11)4-3-9-6(13-4)5-8-1-2-12-5/h1-3H,(H,10,11). The minimum atomic E-state index is -0.944. The quantitative estimate of drug-likeness (QED) is 0.826. The summed E-state index contributed by atoms with van der Waals surface area (Å²) in [4.78, 5) is 18.8. The highest BCUT2D eigenvalue weighted by molar-refractivity contribution is 7.21. The number of aromatic nitrogens is 2. The van der Waals surface area contributed by atoms with Gasteiger partial charge >= 0.3 is 5.97 Å². The molecule has 0 aromatic carbocycles. The number of hydrogen-bond donors (Lipinski definition) is 1. The Morgan fingerprint density at radius 2 is 2.23 bits per heavy atom. The van der Waals surface area contributed by atoms with Gasteiger partial charge in [0.25, 0.3) is 0 Å². The lowest BCUT2D eigenvalue weighted by molar-refractivity contribution is 0.0702. The first-order chi connectivity index (χ1) is 6.27. The third-order valence-electron chi connectivity index (χ3n) is 1.33. The molecule has 0 amide bonds. The number of nitrogens with zero attached hydrogens (tertiary/aromatic N) is 2. The summed E-state index contributed by atoms with van der Waals surface area (Å²) in [6.45, 7) is 0. The van der Waals surface area contributed by atoms with Crippen LogP contribution in [0.2, 0.25) is 0 Å². The molecule has 0 bridgehead atoms. The van der Waals surface area contributed by atoms with Crippen LogP contribution in [0.5, 0.6) is 0 Å². The van der Waals surface area contributed by atoms with Crippen LogP contribution >= 0.6 is 22.7 Å². The van der Waals surface area contributed by atoms with Gasteiger partial charge in [0.05, 0.1) is 6.20 Å². The summed E-state index contributed by atoms with van der Waals surface area (Å²) in [7, 11) is 0. The highest BCUT2D eigenvalue weighted by Crippen LogP contribution is 2.26. The summed E-state index contributed by atoms with van der Waals surface area (Å²) in [5, 5.41) is 11.9. The van der Waals surface area contributed by atoms with Crippen LogP contribution < -0.4 is 0 Å². The average molecular weight is 212 g/mol. The molecule has 0 saturated heterocycles. The van der Waals surface area contributed by atoms with Gasteiger partial charge in [-0.2, -0.15) is 0 Å². The van der Waals surface area contributed by atoms with Gasteiger partial charge in [-0.1, -0.05) is 0 Å². The lowest BCUT2D eigenvalue weighted by atomic mass is 10.6. The van der Waals surface area contributed by atoms with Crippen molar-refractivity contribution in [2.75, 3.05) is 0 Å². The van der Waals surface area contributed by atoms with Crippen molar-refractivity contribution < 1.29 is 9.90 Å². The molecule has 0 fully saturated rings. The number of carboxylic acid groups (broad SMARTS) is 1. The fraction of sp³-hybridized carbons (Fsp3) is 0. The second-order valence-electron chi connectivity index (χ2n) is 2.17. The van der Waals surface area contributed by atoms with Gasteiger partial charge in [-0.15, -0.1) is 22.7 Å². The number of carboxylic acids is 1. The van der Waals surface area contributed by atoms with Crippen molar-refractivity contribution in [1.29, 1.82) is 0 Å². The van der Waals surface area contributed by atoms with E-state index in [1.807, 2.05) is 5.38 Å². The van der Waals surface area contributed by atoms with Crippen LogP contribution in [0.4, 0.5) is 0 Å². The molecular weight excluding hydrogens is 208 g/mol. The maximum absolute atomic E-state index is 10.5. The topological polar surface area (TPSA) is 63.1 Å². The fourth-order valence-corrected chi connectivity index (χ4v) is 2.24. The lowest BCUT2D eigenvalue weighted by Gasteiger charge is -1.83. The van der Waals surface area contributed by atoms with E-state index in [1.54, 1.807) is 6.20 Å². The van der Waals surface area contributed by atoms with Gasteiger partial charge in [-0.3, -0.25) is 0 Å². The molecule has 2 aromatic rings. The normalized spacial score (nSPS) is 10.2. The van der Waals surface area contributed by atoms with Gasteiger partial charge < -0.3 is 5.11 Å². The first-order valence-electron chi connectivity index (χ1n) is 3.36. The maximum atomic E-state index is 10.5. The Morgan fingerprint density at radius 1 is 1.38 bits per heavy atom. The largest absolute Gasteiger partial charge is 0.477 e. The number of thiazole rings is 2. The Kier molecular flexibility index (Phi) is 2.07. The molecule has 0 aliphatic rings. The van der Waals surface area contributed by atoms with Gasteiger partial charge in [0.15, 0.2) is 10.0 Å². The SMILES string of the molecule is O=C(O)c1cnc(-c2nccs2)s1.